The van der Waals surface area contributed by atoms with Gasteiger partial charge in [0, 0.05) is 29.1 Å². The Bertz CT molecular complexity index is 401. The maximum absolute atomic E-state index is 12.4. The molecule has 1 aromatic carbocycles. The van der Waals surface area contributed by atoms with Crippen LogP contribution in [-0.4, -0.2) is 29.3 Å². The van der Waals surface area contributed by atoms with E-state index in [1.54, 1.807) is 24.3 Å². The van der Waals surface area contributed by atoms with Crippen LogP contribution in [0.4, 0.5) is 0 Å². The van der Waals surface area contributed by atoms with Crippen LogP contribution in [0.25, 0.3) is 0 Å². The first-order chi connectivity index (χ1) is 8.72. The molecule has 1 fully saturated rings. The van der Waals surface area contributed by atoms with Crippen LogP contribution in [0, 0.1) is 0 Å². The molecule has 0 N–H and O–H groups in total. The van der Waals surface area contributed by atoms with Crippen molar-refractivity contribution in [1.29, 1.82) is 0 Å². The smallest absolute Gasteiger partial charge is 0.254 e. The lowest BCUT2D eigenvalue weighted by Crippen LogP contribution is -2.44. The minimum Gasteiger partial charge on any atom is -0.336 e. The van der Waals surface area contributed by atoms with Gasteiger partial charge in [-0.3, -0.25) is 4.79 Å². The molecule has 1 aliphatic carbocycles. The van der Waals surface area contributed by atoms with Gasteiger partial charge in [0.2, 0.25) is 0 Å². The van der Waals surface area contributed by atoms with E-state index in [1.807, 2.05) is 4.90 Å². The molecule has 1 aliphatic rings. The second kappa shape index (κ2) is 6.44. The van der Waals surface area contributed by atoms with Crippen molar-refractivity contribution in [2.24, 2.45) is 0 Å². The van der Waals surface area contributed by atoms with Gasteiger partial charge in [0.25, 0.3) is 5.91 Å². The number of carbonyl (C=O) groups excluding carboxylic acids is 1. The Kier molecular flexibility index (Phi) is 4.90. The van der Waals surface area contributed by atoms with Gasteiger partial charge in [0.1, 0.15) is 0 Å². The number of halogens is 2. The summed E-state index contributed by atoms with van der Waals surface area (Å²) in [6.07, 6.45) is 4.29. The molecule has 0 heterocycles. The standard InChI is InChI=1S/C14H17Cl2NO/c15-9-2-10-17(13-3-1-4-13)14(18)11-5-7-12(16)8-6-11/h5-8,13H,1-4,9-10H2. The highest BCUT2D eigenvalue weighted by Crippen LogP contribution is 2.26. The maximum atomic E-state index is 12.4. The number of hydrogen-bond donors (Lipinski definition) is 0. The Morgan fingerprint density at radius 3 is 2.44 bits per heavy atom. The number of hydrogen-bond acceptors (Lipinski definition) is 1. The third-order valence-electron chi connectivity index (χ3n) is 3.40. The predicted octanol–water partition coefficient (Wildman–Crippen LogP) is 3.96. The molecule has 1 amide bonds. The Hall–Kier alpha value is -0.730. The summed E-state index contributed by atoms with van der Waals surface area (Å²) < 4.78 is 0. The zero-order chi connectivity index (χ0) is 13.0. The van der Waals surface area contributed by atoms with Crippen LogP contribution in [-0.2, 0) is 0 Å². The average molecular weight is 286 g/mol. The van der Waals surface area contributed by atoms with Crippen molar-refractivity contribution in [1.82, 2.24) is 4.90 Å². The lowest BCUT2D eigenvalue weighted by atomic mass is 9.91. The summed E-state index contributed by atoms with van der Waals surface area (Å²) in [4.78, 5) is 14.4. The van der Waals surface area contributed by atoms with E-state index >= 15 is 0 Å². The first-order valence-electron chi connectivity index (χ1n) is 6.35. The van der Waals surface area contributed by atoms with Crippen LogP contribution in [0.1, 0.15) is 36.0 Å². The van der Waals surface area contributed by atoms with Crippen LogP contribution in [0.5, 0.6) is 0 Å². The summed E-state index contributed by atoms with van der Waals surface area (Å²) in [5.74, 6) is 0.693. The van der Waals surface area contributed by atoms with Crippen LogP contribution in [0.15, 0.2) is 24.3 Å². The largest absolute Gasteiger partial charge is 0.336 e. The highest BCUT2D eigenvalue weighted by molar-refractivity contribution is 6.30. The predicted molar refractivity (Wildman–Crippen MR) is 75.5 cm³/mol. The molecule has 2 nitrogen and oxygen atoms in total. The van der Waals surface area contributed by atoms with Crippen molar-refractivity contribution >= 4 is 29.1 Å². The highest BCUT2D eigenvalue weighted by Gasteiger charge is 2.28. The zero-order valence-corrected chi connectivity index (χ0v) is 11.8. The number of amides is 1. The minimum atomic E-state index is 0.0986. The van der Waals surface area contributed by atoms with Gasteiger partial charge >= 0.3 is 0 Å². The van der Waals surface area contributed by atoms with Crippen LogP contribution in [0.2, 0.25) is 5.02 Å². The molecular weight excluding hydrogens is 269 g/mol. The van der Waals surface area contributed by atoms with E-state index in [0.29, 0.717) is 22.5 Å². The molecule has 0 unspecified atom stereocenters. The van der Waals surface area contributed by atoms with Gasteiger partial charge in [-0.25, -0.2) is 0 Å². The van der Waals surface area contributed by atoms with Crippen molar-refractivity contribution in [3.63, 3.8) is 0 Å². The Labute approximate surface area is 118 Å². The van der Waals surface area contributed by atoms with Crippen molar-refractivity contribution in [3.05, 3.63) is 34.9 Å². The summed E-state index contributed by atoms with van der Waals surface area (Å²) in [6, 6.07) is 7.50. The Morgan fingerprint density at radius 1 is 1.28 bits per heavy atom. The molecule has 0 aromatic heterocycles. The summed E-state index contributed by atoms with van der Waals surface area (Å²) in [7, 11) is 0. The first kappa shape index (κ1) is 13.7. The molecule has 0 bridgehead atoms. The van der Waals surface area contributed by atoms with Gasteiger partial charge in [-0.2, -0.15) is 0 Å². The second-order valence-corrected chi connectivity index (χ2v) is 5.45. The molecule has 0 aliphatic heterocycles. The van der Waals surface area contributed by atoms with Crippen molar-refractivity contribution in [2.45, 2.75) is 31.7 Å². The lowest BCUT2D eigenvalue weighted by Gasteiger charge is -2.37. The number of benzene rings is 1. The minimum absolute atomic E-state index is 0.0986. The molecule has 0 spiro atoms. The van der Waals surface area contributed by atoms with Crippen molar-refractivity contribution in [3.8, 4) is 0 Å². The molecule has 98 valence electrons. The SMILES string of the molecule is O=C(c1ccc(Cl)cc1)N(CCCCl)C1CCC1. The highest BCUT2D eigenvalue weighted by atomic mass is 35.5. The Morgan fingerprint density at radius 2 is 1.94 bits per heavy atom. The quantitative estimate of drug-likeness (QED) is 0.750. The summed E-state index contributed by atoms with van der Waals surface area (Å²) in [5.41, 5.74) is 0.709. The molecule has 0 radical (unpaired) electrons. The van der Waals surface area contributed by atoms with Gasteiger partial charge in [-0.15, -0.1) is 11.6 Å². The fraction of sp³-hybridized carbons (Fsp3) is 0.500. The maximum Gasteiger partial charge on any atom is 0.254 e. The van der Waals surface area contributed by atoms with E-state index < -0.39 is 0 Å². The van der Waals surface area contributed by atoms with E-state index in [-0.39, 0.29) is 5.91 Å². The number of alkyl halides is 1. The van der Waals surface area contributed by atoms with E-state index in [2.05, 4.69) is 0 Å². The molecule has 2 rings (SSSR count). The first-order valence-corrected chi connectivity index (χ1v) is 7.26. The third-order valence-corrected chi connectivity index (χ3v) is 3.92. The number of carbonyl (C=O) groups is 1. The van der Waals surface area contributed by atoms with Gasteiger partial charge in [0.15, 0.2) is 0 Å². The van der Waals surface area contributed by atoms with Gasteiger partial charge in [-0.1, -0.05) is 11.6 Å². The van der Waals surface area contributed by atoms with Gasteiger partial charge in [0.05, 0.1) is 0 Å². The fourth-order valence-electron chi connectivity index (χ4n) is 2.14. The van der Waals surface area contributed by atoms with Gasteiger partial charge in [-0.05, 0) is 49.9 Å². The molecule has 1 aromatic rings. The number of rotatable bonds is 5. The molecule has 4 heteroatoms. The summed E-state index contributed by atoms with van der Waals surface area (Å²) in [5, 5.41) is 0.655. The molecular formula is C14H17Cl2NO. The number of nitrogens with zero attached hydrogens (tertiary/aromatic N) is 1. The summed E-state index contributed by atoms with van der Waals surface area (Å²) in [6.45, 7) is 0.746. The second-order valence-electron chi connectivity index (χ2n) is 4.63. The monoisotopic (exact) mass is 285 g/mol. The van der Waals surface area contributed by atoms with Crippen molar-refractivity contribution < 1.29 is 4.79 Å². The van der Waals surface area contributed by atoms with Crippen LogP contribution in [0.3, 0.4) is 0 Å². The molecule has 18 heavy (non-hydrogen) atoms. The molecule has 0 saturated heterocycles. The van der Waals surface area contributed by atoms with Crippen molar-refractivity contribution in [2.75, 3.05) is 12.4 Å². The fourth-order valence-corrected chi connectivity index (χ4v) is 2.38. The van der Waals surface area contributed by atoms with E-state index in [0.717, 1.165) is 25.8 Å². The normalized spacial score (nSPS) is 15.2. The molecule has 0 atom stereocenters. The topological polar surface area (TPSA) is 20.3 Å². The van der Waals surface area contributed by atoms with E-state index in [4.69, 9.17) is 23.2 Å². The lowest BCUT2D eigenvalue weighted by molar-refractivity contribution is 0.0581. The van der Waals surface area contributed by atoms with Crippen LogP contribution >= 0.6 is 23.2 Å². The summed E-state index contributed by atoms with van der Waals surface area (Å²) >= 11 is 11.6. The van der Waals surface area contributed by atoms with Gasteiger partial charge < -0.3 is 4.90 Å². The Balaban J connectivity index is 2.08. The zero-order valence-electron chi connectivity index (χ0n) is 10.2. The van der Waals surface area contributed by atoms with Crippen LogP contribution < -0.4 is 0 Å². The molecule has 1 saturated carbocycles. The van der Waals surface area contributed by atoms with E-state index in [9.17, 15) is 4.79 Å². The average Bonchev–Trinajstić information content (AvgIpc) is 2.32. The third kappa shape index (κ3) is 3.18. The van der Waals surface area contributed by atoms with E-state index in [1.165, 1.54) is 6.42 Å².